The summed E-state index contributed by atoms with van der Waals surface area (Å²) in [6, 6.07) is 2.10. The van der Waals surface area contributed by atoms with Gasteiger partial charge in [0.2, 0.25) is 0 Å². The highest BCUT2D eigenvalue weighted by Gasteiger charge is 1.97. The lowest BCUT2D eigenvalue weighted by atomic mass is 10.3. The average Bonchev–Trinajstić information content (AvgIpc) is 2.54. The zero-order valence-corrected chi connectivity index (χ0v) is 13.3. The predicted octanol–water partition coefficient (Wildman–Crippen LogP) is -0.723. The molecule has 1 aliphatic rings. The molecule has 0 fully saturated rings. The first kappa shape index (κ1) is 17.0. The lowest BCUT2D eigenvalue weighted by Gasteiger charge is -2.10. The monoisotopic (exact) mass is 307 g/mol. The van der Waals surface area contributed by atoms with Crippen LogP contribution >= 0.6 is 0 Å². The Balaban J connectivity index is 1.76. The maximum Gasteiger partial charge on any atom is 0.0547 e. The number of hydrogen-bond donors (Lipinski definition) is 6. The minimum atomic E-state index is 0.897. The van der Waals surface area contributed by atoms with Gasteiger partial charge >= 0.3 is 0 Å². The van der Waals surface area contributed by atoms with Crippen LogP contribution in [0.1, 0.15) is 0 Å². The Morgan fingerprint density at radius 3 is 1.32 bits per heavy atom. The van der Waals surface area contributed by atoms with E-state index in [1.165, 1.54) is 0 Å². The number of anilines is 2. The summed E-state index contributed by atoms with van der Waals surface area (Å²) in [5.74, 6) is 0. The number of fused-ring (bicyclic) bond motifs is 2. The molecule has 2 rings (SSSR count). The molecular formula is C15H29N7. The molecule has 0 saturated carbocycles. The summed E-state index contributed by atoms with van der Waals surface area (Å²) in [5.41, 5.74) is 2.11. The van der Waals surface area contributed by atoms with Crippen molar-refractivity contribution in [3.8, 4) is 0 Å². The van der Waals surface area contributed by atoms with Crippen molar-refractivity contribution in [1.82, 2.24) is 26.3 Å². The SMILES string of the molecule is c1ncc2cc1NCCNCCNCCNCCNCCN2. The fourth-order valence-corrected chi connectivity index (χ4v) is 2.25. The van der Waals surface area contributed by atoms with Gasteiger partial charge in [-0.3, -0.25) is 4.98 Å². The van der Waals surface area contributed by atoms with E-state index in [0.717, 1.165) is 76.8 Å². The highest BCUT2D eigenvalue weighted by molar-refractivity contribution is 5.53. The van der Waals surface area contributed by atoms with Crippen LogP contribution in [-0.2, 0) is 0 Å². The molecule has 0 aliphatic carbocycles. The van der Waals surface area contributed by atoms with Crippen LogP contribution in [0.3, 0.4) is 0 Å². The van der Waals surface area contributed by atoms with Gasteiger partial charge in [0.05, 0.1) is 23.8 Å². The molecule has 2 heterocycles. The van der Waals surface area contributed by atoms with Crippen LogP contribution in [0.5, 0.6) is 0 Å². The Bertz CT molecular complexity index is 366. The molecule has 0 atom stereocenters. The average molecular weight is 307 g/mol. The van der Waals surface area contributed by atoms with E-state index in [-0.39, 0.29) is 0 Å². The molecule has 1 aromatic heterocycles. The van der Waals surface area contributed by atoms with Crippen molar-refractivity contribution in [2.45, 2.75) is 0 Å². The third-order valence-electron chi connectivity index (χ3n) is 3.44. The number of nitrogens with zero attached hydrogens (tertiary/aromatic N) is 1. The van der Waals surface area contributed by atoms with Gasteiger partial charge in [0.15, 0.2) is 0 Å². The van der Waals surface area contributed by atoms with E-state index in [9.17, 15) is 0 Å². The number of pyridine rings is 1. The zero-order valence-electron chi connectivity index (χ0n) is 13.3. The molecule has 7 nitrogen and oxygen atoms in total. The first-order valence-corrected chi connectivity index (χ1v) is 8.21. The van der Waals surface area contributed by atoms with E-state index < -0.39 is 0 Å². The van der Waals surface area contributed by atoms with Crippen molar-refractivity contribution >= 4 is 11.4 Å². The summed E-state index contributed by atoms with van der Waals surface area (Å²) in [5, 5.41) is 20.4. The minimum Gasteiger partial charge on any atom is -0.382 e. The second-order valence-corrected chi connectivity index (χ2v) is 5.32. The number of nitrogens with one attached hydrogen (secondary N) is 6. The summed E-state index contributed by atoms with van der Waals surface area (Å²) in [6.07, 6.45) is 3.72. The Kier molecular flexibility index (Phi) is 8.63. The molecule has 0 unspecified atom stereocenters. The third kappa shape index (κ3) is 7.56. The van der Waals surface area contributed by atoms with Crippen LogP contribution in [-0.4, -0.2) is 70.4 Å². The van der Waals surface area contributed by atoms with Crippen LogP contribution in [0.15, 0.2) is 18.5 Å². The van der Waals surface area contributed by atoms with E-state index in [0.29, 0.717) is 0 Å². The standard InChI is InChI=1S/C15H29N7/c1-2-17-4-6-19-8-10-22-15-11-14(12-20-13-15)21-9-7-18-5-3-16-1/h11-13,16-19,21-22H,1-10H2. The molecule has 0 aromatic carbocycles. The maximum absolute atomic E-state index is 4.26. The summed E-state index contributed by atoms with van der Waals surface area (Å²) in [7, 11) is 0. The highest BCUT2D eigenvalue weighted by atomic mass is 15.0. The van der Waals surface area contributed by atoms with E-state index in [2.05, 4.69) is 43.0 Å². The van der Waals surface area contributed by atoms with Crippen molar-refractivity contribution < 1.29 is 0 Å². The van der Waals surface area contributed by atoms with Gasteiger partial charge in [0.25, 0.3) is 0 Å². The molecule has 6 N–H and O–H groups in total. The zero-order chi connectivity index (χ0) is 15.3. The molecule has 124 valence electrons. The normalized spacial score (nSPS) is 19.8. The Morgan fingerprint density at radius 1 is 0.545 bits per heavy atom. The van der Waals surface area contributed by atoms with Crippen molar-refractivity contribution in [3.05, 3.63) is 18.5 Å². The topological polar surface area (TPSA) is 85.1 Å². The van der Waals surface area contributed by atoms with Crippen molar-refractivity contribution in [2.75, 3.05) is 76.1 Å². The van der Waals surface area contributed by atoms with Crippen LogP contribution in [0.2, 0.25) is 0 Å². The number of hydrogen-bond acceptors (Lipinski definition) is 7. The van der Waals surface area contributed by atoms with Crippen molar-refractivity contribution in [3.63, 3.8) is 0 Å². The number of aromatic nitrogens is 1. The van der Waals surface area contributed by atoms with Crippen LogP contribution in [0, 0.1) is 0 Å². The fraction of sp³-hybridized carbons (Fsp3) is 0.667. The van der Waals surface area contributed by atoms with E-state index in [4.69, 9.17) is 0 Å². The third-order valence-corrected chi connectivity index (χ3v) is 3.44. The molecule has 0 radical (unpaired) electrons. The van der Waals surface area contributed by atoms with Crippen molar-refractivity contribution in [1.29, 1.82) is 0 Å². The molecule has 1 aliphatic heterocycles. The predicted molar refractivity (Wildman–Crippen MR) is 92.7 cm³/mol. The first-order valence-electron chi connectivity index (χ1n) is 8.21. The van der Waals surface area contributed by atoms with E-state index >= 15 is 0 Å². The van der Waals surface area contributed by atoms with Crippen LogP contribution in [0.25, 0.3) is 0 Å². The molecule has 0 amide bonds. The summed E-state index contributed by atoms with van der Waals surface area (Å²) < 4.78 is 0. The molecule has 7 heteroatoms. The molecule has 0 saturated heterocycles. The number of rotatable bonds is 0. The van der Waals surface area contributed by atoms with Crippen LogP contribution < -0.4 is 31.9 Å². The van der Waals surface area contributed by atoms with Crippen LogP contribution in [0.4, 0.5) is 11.4 Å². The van der Waals surface area contributed by atoms with Gasteiger partial charge in [-0.1, -0.05) is 0 Å². The highest BCUT2D eigenvalue weighted by Crippen LogP contribution is 2.11. The first-order chi connectivity index (χ1) is 10.9. The summed E-state index contributed by atoms with van der Waals surface area (Å²) >= 11 is 0. The lowest BCUT2D eigenvalue weighted by Crippen LogP contribution is -2.36. The van der Waals surface area contributed by atoms with E-state index in [1.54, 1.807) is 0 Å². The largest absolute Gasteiger partial charge is 0.382 e. The van der Waals surface area contributed by atoms with Gasteiger partial charge < -0.3 is 31.9 Å². The maximum atomic E-state index is 4.26. The second-order valence-electron chi connectivity index (χ2n) is 5.32. The van der Waals surface area contributed by atoms with Gasteiger partial charge in [-0.25, -0.2) is 0 Å². The Hall–Kier alpha value is -1.41. The van der Waals surface area contributed by atoms with Gasteiger partial charge in [0, 0.05) is 65.4 Å². The van der Waals surface area contributed by atoms with Gasteiger partial charge in [-0.15, -0.1) is 0 Å². The lowest BCUT2D eigenvalue weighted by molar-refractivity contribution is 0.571. The minimum absolute atomic E-state index is 0.897. The summed E-state index contributed by atoms with van der Waals surface area (Å²) in [4.78, 5) is 4.26. The smallest absolute Gasteiger partial charge is 0.0547 e. The van der Waals surface area contributed by atoms with Gasteiger partial charge in [0.1, 0.15) is 0 Å². The molecular weight excluding hydrogens is 278 g/mol. The molecule has 1 aromatic rings. The Morgan fingerprint density at radius 2 is 0.909 bits per heavy atom. The fourth-order valence-electron chi connectivity index (χ4n) is 2.25. The quantitative estimate of drug-likeness (QED) is 0.377. The second kappa shape index (κ2) is 11.2. The Labute approximate surface area is 133 Å². The van der Waals surface area contributed by atoms with Gasteiger partial charge in [-0.2, -0.15) is 0 Å². The van der Waals surface area contributed by atoms with E-state index in [1.807, 2.05) is 12.4 Å². The van der Waals surface area contributed by atoms with Crippen molar-refractivity contribution in [2.24, 2.45) is 0 Å². The molecule has 22 heavy (non-hydrogen) atoms. The molecule has 0 spiro atoms. The molecule has 2 bridgehead atoms. The summed E-state index contributed by atoms with van der Waals surface area (Å²) in [6.45, 7) is 9.69. The van der Waals surface area contributed by atoms with Gasteiger partial charge in [-0.05, 0) is 6.07 Å².